The molecule has 0 aliphatic carbocycles. The Bertz CT molecular complexity index is 484. The first kappa shape index (κ1) is 16.0. The Morgan fingerprint density at radius 2 is 1.75 bits per heavy atom. The standard InChI is InChI=1S/C15H19NO4/c1-11(17)8-9-15(16(19)20)14(10-12(2)18)13-6-4-3-5-7-13/h3-7,14-15H,8-10H2,1-2H3/t14-,15-/m1/s1. The maximum Gasteiger partial charge on any atom is 0.220 e. The lowest BCUT2D eigenvalue weighted by Gasteiger charge is -2.20. The van der Waals surface area contributed by atoms with Crippen molar-refractivity contribution in [2.24, 2.45) is 0 Å². The van der Waals surface area contributed by atoms with E-state index in [9.17, 15) is 19.7 Å². The number of Topliss-reactive ketones (excluding diaryl/α,β-unsaturated/α-hetero) is 2. The zero-order chi connectivity index (χ0) is 15.1. The quantitative estimate of drug-likeness (QED) is 0.540. The van der Waals surface area contributed by atoms with E-state index < -0.39 is 12.0 Å². The van der Waals surface area contributed by atoms with Gasteiger partial charge in [-0.15, -0.1) is 0 Å². The molecule has 108 valence electrons. The van der Waals surface area contributed by atoms with Crippen LogP contribution in [0.5, 0.6) is 0 Å². The fraction of sp³-hybridized carbons (Fsp3) is 0.467. The summed E-state index contributed by atoms with van der Waals surface area (Å²) < 4.78 is 0. The first-order valence-corrected chi connectivity index (χ1v) is 6.59. The van der Waals surface area contributed by atoms with E-state index in [2.05, 4.69) is 0 Å². The summed E-state index contributed by atoms with van der Waals surface area (Å²) in [6, 6.07) is 8.08. The highest BCUT2D eigenvalue weighted by Gasteiger charge is 2.33. The molecular weight excluding hydrogens is 258 g/mol. The average molecular weight is 277 g/mol. The minimum Gasteiger partial charge on any atom is -0.300 e. The highest BCUT2D eigenvalue weighted by molar-refractivity contribution is 5.77. The second-order valence-corrected chi connectivity index (χ2v) is 5.02. The van der Waals surface area contributed by atoms with Gasteiger partial charge in [-0.3, -0.25) is 10.1 Å². The van der Waals surface area contributed by atoms with Crippen LogP contribution in [0.15, 0.2) is 30.3 Å². The molecule has 0 aromatic heterocycles. The van der Waals surface area contributed by atoms with Gasteiger partial charge in [-0.05, 0) is 19.4 Å². The van der Waals surface area contributed by atoms with Crippen molar-refractivity contribution >= 4 is 11.6 Å². The van der Waals surface area contributed by atoms with E-state index in [1.54, 1.807) is 24.3 Å². The largest absolute Gasteiger partial charge is 0.300 e. The van der Waals surface area contributed by atoms with Crippen molar-refractivity contribution in [3.8, 4) is 0 Å². The number of benzene rings is 1. The van der Waals surface area contributed by atoms with Gasteiger partial charge in [-0.25, -0.2) is 0 Å². The van der Waals surface area contributed by atoms with Crippen molar-refractivity contribution in [3.05, 3.63) is 46.0 Å². The fourth-order valence-corrected chi connectivity index (χ4v) is 2.29. The molecule has 0 amide bonds. The Labute approximate surface area is 118 Å². The summed E-state index contributed by atoms with van der Waals surface area (Å²) in [5.74, 6) is -0.650. The van der Waals surface area contributed by atoms with E-state index in [1.807, 2.05) is 6.07 Å². The molecule has 0 aliphatic rings. The first-order valence-electron chi connectivity index (χ1n) is 6.59. The maximum absolute atomic E-state index is 11.4. The monoisotopic (exact) mass is 277 g/mol. The molecule has 1 rings (SSSR count). The van der Waals surface area contributed by atoms with E-state index in [1.165, 1.54) is 13.8 Å². The van der Waals surface area contributed by atoms with Gasteiger partial charge < -0.3 is 9.59 Å². The molecule has 20 heavy (non-hydrogen) atoms. The minimum atomic E-state index is -0.912. The molecule has 1 aromatic carbocycles. The Morgan fingerprint density at radius 3 is 2.20 bits per heavy atom. The second kappa shape index (κ2) is 7.53. The third-order valence-corrected chi connectivity index (χ3v) is 3.26. The zero-order valence-electron chi connectivity index (χ0n) is 11.7. The molecule has 0 heterocycles. The van der Waals surface area contributed by atoms with Crippen LogP contribution in [0, 0.1) is 10.1 Å². The summed E-state index contributed by atoms with van der Waals surface area (Å²) in [4.78, 5) is 33.4. The Kier molecular flexibility index (Phi) is 6.03. The maximum atomic E-state index is 11.4. The molecule has 0 saturated heterocycles. The molecule has 0 fully saturated rings. The van der Waals surface area contributed by atoms with Crippen LogP contribution < -0.4 is 0 Å². The number of carbonyl (C=O) groups is 2. The normalized spacial score (nSPS) is 13.5. The van der Waals surface area contributed by atoms with Crippen LogP contribution in [0.25, 0.3) is 0 Å². The van der Waals surface area contributed by atoms with Gasteiger partial charge in [0.1, 0.15) is 11.6 Å². The summed E-state index contributed by atoms with van der Waals surface area (Å²) >= 11 is 0. The molecule has 0 bridgehead atoms. The number of hydrogen-bond acceptors (Lipinski definition) is 4. The molecule has 0 unspecified atom stereocenters. The Hall–Kier alpha value is -2.04. The van der Waals surface area contributed by atoms with E-state index in [4.69, 9.17) is 0 Å². The SMILES string of the molecule is CC(=O)CC[C@H]([C@H](CC(C)=O)c1ccccc1)[N+](=O)[O-]. The molecule has 5 nitrogen and oxygen atoms in total. The number of rotatable bonds is 8. The molecule has 0 N–H and O–H groups in total. The average Bonchev–Trinajstić information content (AvgIpc) is 2.37. The van der Waals surface area contributed by atoms with Gasteiger partial charge in [0.15, 0.2) is 0 Å². The lowest BCUT2D eigenvalue weighted by Crippen LogP contribution is -2.29. The summed E-state index contributed by atoms with van der Waals surface area (Å²) in [5, 5.41) is 11.3. The second-order valence-electron chi connectivity index (χ2n) is 5.02. The van der Waals surface area contributed by atoms with Crippen molar-refractivity contribution in [2.75, 3.05) is 0 Å². The third kappa shape index (κ3) is 4.91. The number of nitro groups is 1. The highest BCUT2D eigenvalue weighted by Crippen LogP contribution is 2.28. The van der Waals surface area contributed by atoms with Crippen LogP contribution in [0.4, 0.5) is 0 Å². The van der Waals surface area contributed by atoms with Crippen LogP contribution in [-0.2, 0) is 9.59 Å². The molecule has 2 atom stereocenters. The molecule has 0 saturated carbocycles. The van der Waals surface area contributed by atoms with Gasteiger partial charge in [0.05, 0.1) is 5.92 Å². The van der Waals surface area contributed by atoms with Gasteiger partial charge >= 0.3 is 0 Å². The Morgan fingerprint density at radius 1 is 1.15 bits per heavy atom. The van der Waals surface area contributed by atoms with Crippen LogP contribution in [-0.4, -0.2) is 22.5 Å². The predicted molar refractivity (Wildman–Crippen MR) is 75.2 cm³/mol. The summed E-state index contributed by atoms with van der Waals surface area (Å²) in [7, 11) is 0. The van der Waals surface area contributed by atoms with Crippen molar-refractivity contribution in [1.29, 1.82) is 0 Å². The minimum absolute atomic E-state index is 0.0773. The van der Waals surface area contributed by atoms with Crippen LogP contribution >= 0.6 is 0 Å². The van der Waals surface area contributed by atoms with Gasteiger partial charge in [-0.1, -0.05) is 30.3 Å². The van der Waals surface area contributed by atoms with Gasteiger partial charge in [-0.2, -0.15) is 0 Å². The third-order valence-electron chi connectivity index (χ3n) is 3.26. The van der Waals surface area contributed by atoms with E-state index in [0.717, 1.165) is 5.56 Å². The predicted octanol–water partition coefficient (Wildman–Crippen LogP) is 2.76. The first-order chi connectivity index (χ1) is 9.41. The lowest BCUT2D eigenvalue weighted by molar-refractivity contribution is -0.527. The van der Waals surface area contributed by atoms with E-state index >= 15 is 0 Å². The smallest absolute Gasteiger partial charge is 0.220 e. The molecule has 0 radical (unpaired) electrons. The van der Waals surface area contributed by atoms with Crippen LogP contribution in [0.3, 0.4) is 0 Å². The number of carbonyl (C=O) groups excluding carboxylic acids is 2. The Balaban J connectivity index is 3.01. The number of hydrogen-bond donors (Lipinski definition) is 0. The van der Waals surface area contributed by atoms with Crippen molar-refractivity contribution < 1.29 is 14.5 Å². The molecular formula is C15H19NO4. The molecule has 5 heteroatoms. The number of nitrogens with zero attached hydrogens (tertiary/aromatic N) is 1. The zero-order valence-corrected chi connectivity index (χ0v) is 11.7. The van der Waals surface area contributed by atoms with Crippen LogP contribution in [0.1, 0.15) is 44.6 Å². The van der Waals surface area contributed by atoms with Crippen molar-refractivity contribution in [1.82, 2.24) is 0 Å². The van der Waals surface area contributed by atoms with Crippen LogP contribution in [0.2, 0.25) is 0 Å². The highest BCUT2D eigenvalue weighted by atomic mass is 16.6. The molecule has 1 aromatic rings. The van der Waals surface area contributed by atoms with Crippen molar-refractivity contribution in [2.45, 2.75) is 45.1 Å². The summed E-state index contributed by atoms with van der Waals surface area (Å²) in [6.07, 6.45) is 0.440. The van der Waals surface area contributed by atoms with E-state index in [-0.39, 0.29) is 35.8 Å². The summed E-state index contributed by atoms with van der Waals surface area (Å²) in [5.41, 5.74) is 0.771. The molecule has 0 aliphatic heterocycles. The van der Waals surface area contributed by atoms with Crippen molar-refractivity contribution in [3.63, 3.8) is 0 Å². The summed E-state index contributed by atoms with van der Waals surface area (Å²) in [6.45, 7) is 2.84. The van der Waals surface area contributed by atoms with Gasteiger partial charge in [0, 0.05) is 24.2 Å². The number of ketones is 2. The fourth-order valence-electron chi connectivity index (χ4n) is 2.29. The van der Waals surface area contributed by atoms with Gasteiger partial charge in [0.2, 0.25) is 6.04 Å². The van der Waals surface area contributed by atoms with E-state index in [0.29, 0.717) is 0 Å². The molecule has 0 spiro atoms. The lowest BCUT2D eigenvalue weighted by atomic mass is 9.85. The van der Waals surface area contributed by atoms with Gasteiger partial charge in [0.25, 0.3) is 0 Å². The topological polar surface area (TPSA) is 77.3 Å².